The van der Waals surface area contributed by atoms with Gasteiger partial charge >= 0.3 is 0 Å². The second-order valence-corrected chi connectivity index (χ2v) is 5.84. The quantitative estimate of drug-likeness (QED) is 0.607. The molecule has 0 aromatic rings. The Balaban J connectivity index is 2.26. The van der Waals surface area contributed by atoms with Crippen molar-refractivity contribution in [3.05, 3.63) is 0 Å². The fourth-order valence-corrected chi connectivity index (χ4v) is 2.98. The Morgan fingerprint density at radius 2 is 1.94 bits per heavy atom. The van der Waals surface area contributed by atoms with Gasteiger partial charge in [0.05, 0.1) is 0 Å². The van der Waals surface area contributed by atoms with Crippen LogP contribution in [-0.2, 0) is 4.79 Å². The molecule has 0 aromatic heterocycles. The third kappa shape index (κ3) is 6.08. The third-order valence-corrected chi connectivity index (χ3v) is 4.15. The van der Waals surface area contributed by atoms with Crippen LogP contribution in [-0.4, -0.2) is 29.8 Å². The molecule has 0 spiro atoms. The van der Waals surface area contributed by atoms with E-state index < -0.39 is 0 Å². The van der Waals surface area contributed by atoms with Gasteiger partial charge in [-0.2, -0.15) is 0 Å². The van der Waals surface area contributed by atoms with E-state index in [-0.39, 0.29) is 0 Å². The number of rotatable bonds is 8. The highest BCUT2D eigenvalue weighted by Crippen LogP contribution is 2.27. The van der Waals surface area contributed by atoms with Crippen molar-refractivity contribution in [1.29, 1.82) is 0 Å². The van der Waals surface area contributed by atoms with Crippen molar-refractivity contribution >= 4 is 17.5 Å². The Morgan fingerprint density at radius 3 is 2.56 bits per heavy atom. The molecule has 1 aliphatic carbocycles. The molecule has 0 aromatic carbocycles. The van der Waals surface area contributed by atoms with Crippen LogP contribution in [0.3, 0.4) is 0 Å². The summed E-state index contributed by atoms with van der Waals surface area (Å²) in [4.78, 5) is 14.1. The minimum atomic E-state index is 0.315. The molecule has 0 aliphatic heterocycles. The summed E-state index contributed by atoms with van der Waals surface area (Å²) in [5.41, 5.74) is 0. The lowest BCUT2D eigenvalue weighted by molar-refractivity contribution is -0.131. The first-order valence-electron chi connectivity index (χ1n) is 7.61. The number of carbonyl (C=O) groups is 1. The van der Waals surface area contributed by atoms with E-state index >= 15 is 0 Å². The molecule has 1 saturated carbocycles. The maximum Gasteiger partial charge on any atom is 0.222 e. The highest BCUT2D eigenvalue weighted by atomic mass is 35.5. The number of unbranched alkanes of at least 4 members (excludes halogenated alkanes) is 1. The number of alkyl halides is 1. The van der Waals surface area contributed by atoms with Gasteiger partial charge in [0.25, 0.3) is 0 Å². The van der Waals surface area contributed by atoms with Gasteiger partial charge in [-0.1, -0.05) is 45.4 Å². The maximum atomic E-state index is 12.1. The summed E-state index contributed by atoms with van der Waals surface area (Å²) in [5.74, 6) is 1.67. The van der Waals surface area contributed by atoms with Crippen molar-refractivity contribution in [1.82, 2.24) is 4.90 Å². The molecule has 0 radical (unpaired) electrons. The summed E-state index contributed by atoms with van der Waals surface area (Å²) in [6.07, 6.45) is 10.8. The summed E-state index contributed by atoms with van der Waals surface area (Å²) in [7, 11) is 0. The van der Waals surface area contributed by atoms with Crippen molar-refractivity contribution < 1.29 is 4.79 Å². The number of carbonyl (C=O) groups excluding carboxylic acids is 1. The number of nitrogens with zero attached hydrogens (tertiary/aromatic N) is 1. The molecule has 0 unspecified atom stereocenters. The molecule has 2 nitrogen and oxygen atoms in total. The molecule has 0 atom stereocenters. The van der Waals surface area contributed by atoms with E-state index in [4.69, 9.17) is 11.6 Å². The van der Waals surface area contributed by atoms with Gasteiger partial charge in [0.2, 0.25) is 5.91 Å². The molecule has 1 amide bonds. The zero-order chi connectivity index (χ0) is 13.2. The molecular weight excluding hydrogens is 246 g/mol. The van der Waals surface area contributed by atoms with Gasteiger partial charge in [0.15, 0.2) is 0 Å². The molecular formula is C15H28ClNO. The Labute approximate surface area is 117 Å². The number of hydrogen-bond acceptors (Lipinski definition) is 1. The van der Waals surface area contributed by atoms with Crippen molar-refractivity contribution in [2.75, 3.05) is 19.0 Å². The average molecular weight is 274 g/mol. The zero-order valence-electron chi connectivity index (χ0n) is 11.8. The van der Waals surface area contributed by atoms with Crippen LogP contribution in [0, 0.1) is 5.92 Å². The topological polar surface area (TPSA) is 20.3 Å². The van der Waals surface area contributed by atoms with Crippen molar-refractivity contribution in [3.8, 4) is 0 Å². The third-order valence-electron chi connectivity index (χ3n) is 3.98. The highest BCUT2D eigenvalue weighted by molar-refractivity contribution is 6.18. The largest absolute Gasteiger partial charge is 0.342 e. The Bertz CT molecular complexity index is 227. The lowest BCUT2D eigenvalue weighted by Crippen LogP contribution is -2.33. The van der Waals surface area contributed by atoms with Crippen LogP contribution in [0.15, 0.2) is 0 Å². The van der Waals surface area contributed by atoms with Crippen LogP contribution >= 0.6 is 11.6 Å². The minimum Gasteiger partial charge on any atom is -0.342 e. The van der Waals surface area contributed by atoms with Crippen LogP contribution in [0.4, 0.5) is 0 Å². The zero-order valence-corrected chi connectivity index (χ0v) is 12.6. The van der Waals surface area contributed by atoms with E-state index in [2.05, 4.69) is 6.92 Å². The lowest BCUT2D eigenvalue weighted by Gasteiger charge is -2.24. The van der Waals surface area contributed by atoms with E-state index in [9.17, 15) is 4.79 Å². The summed E-state index contributed by atoms with van der Waals surface area (Å²) in [5, 5.41) is 0. The van der Waals surface area contributed by atoms with Gasteiger partial charge in [-0.05, 0) is 18.8 Å². The van der Waals surface area contributed by atoms with Crippen LogP contribution in [0.25, 0.3) is 0 Å². The van der Waals surface area contributed by atoms with Gasteiger partial charge < -0.3 is 4.90 Å². The molecule has 106 valence electrons. The standard InChI is InChI=1S/C15H28ClNO/c1-2-3-12-17(13-11-16)15(18)10-9-14-7-5-4-6-8-14/h14H,2-13H2,1H3. The van der Waals surface area contributed by atoms with Gasteiger partial charge in [-0.15, -0.1) is 11.6 Å². The van der Waals surface area contributed by atoms with E-state index in [1.165, 1.54) is 32.1 Å². The smallest absolute Gasteiger partial charge is 0.222 e. The van der Waals surface area contributed by atoms with Gasteiger partial charge in [-0.25, -0.2) is 0 Å². The molecule has 0 heterocycles. The molecule has 1 aliphatic rings. The summed E-state index contributed by atoms with van der Waals surface area (Å²) in [6, 6.07) is 0. The monoisotopic (exact) mass is 273 g/mol. The summed E-state index contributed by atoms with van der Waals surface area (Å²) >= 11 is 5.77. The summed E-state index contributed by atoms with van der Waals surface area (Å²) < 4.78 is 0. The molecule has 1 fully saturated rings. The van der Waals surface area contributed by atoms with Crippen molar-refractivity contribution in [2.45, 2.75) is 64.7 Å². The van der Waals surface area contributed by atoms with E-state index in [0.717, 1.165) is 38.1 Å². The predicted molar refractivity (Wildman–Crippen MR) is 78.0 cm³/mol. The molecule has 3 heteroatoms. The SMILES string of the molecule is CCCCN(CCCl)C(=O)CCC1CCCCC1. The number of halogens is 1. The van der Waals surface area contributed by atoms with Crippen molar-refractivity contribution in [3.63, 3.8) is 0 Å². The second kappa shape index (κ2) is 9.66. The van der Waals surface area contributed by atoms with Crippen LogP contribution < -0.4 is 0 Å². The lowest BCUT2D eigenvalue weighted by atomic mass is 9.86. The number of amides is 1. The predicted octanol–water partition coefficient (Wildman–Crippen LogP) is 4.21. The fraction of sp³-hybridized carbons (Fsp3) is 0.933. The number of hydrogen-bond donors (Lipinski definition) is 0. The molecule has 18 heavy (non-hydrogen) atoms. The molecule has 0 saturated heterocycles. The van der Waals surface area contributed by atoms with E-state index in [1.807, 2.05) is 4.90 Å². The first kappa shape index (κ1) is 15.8. The van der Waals surface area contributed by atoms with E-state index in [1.54, 1.807) is 0 Å². The normalized spacial score (nSPS) is 16.8. The first-order chi connectivity index (χ1) is 8.77. The summed E-state index contributed by atoms with van der Waals surface area (Å²) in [6.45, 7) is 3.75. The second-order valence-electron chi connectivity index (χ2n) is 5.47. The van der Waals surface area contributed by atoms with E-state index in [0.29, 0.717) is 18.3 Å². The van der Waals surface area contributed by atoms with Gasteiger partial charge in [0, 0.05) is 25.4 Å². The fourth-order valence-electron chi connectivity index (χ4n) is 2.77. The van der Waals surface area contributed by atoms with Crippen LogP contribution in [0.1, 0.15) is 64.7 Å². The van der Waals surface area contributed by atoms with Crippen molar-refractivity contribution in [2.24, 2.45) is 5.92 Å². The van der Waals surface area contributed by atoms with Crippen LogP contribution in [0.5, 0.6) is 0 Å². The van der Waals surface area contributed by atoms with Gasteiger partial charge in [0.1, 0.15) is 0 Å². The molecule has 0 bridgehead atoms. The average Bonchev–Trinajstić information content (AvgIpc) is 2.42. The molecule has 1 rings (SSSR count). The Kier molecular flexibility index (Phi) is 8.49. The Hall–Kier alpha value is -0.240. The highest BCUT2D eigenvalue weighted by Gasteiger charge is 2.17. The minimum absolute atomic E-state index is 0.315. The first-order valence-corrected chi connectivity index (χ1v) is 8.15. The maximum absolute atomic E-state index is 12.1. The Morgan fingerprint density at radius 1 is 1.22 bits per heavy atom. The molecule has 0 N–H and O–H groups in total. The van der Waals surface area contributed by atoms with Crippen LogP contribution in [0.2, 0.25) is 0 Å². The van der Waals surface area contributed by atoms with Gasteiger partial charge in [-0.3, -0.25) is 4.79 Å².